The molecule has 1 aromatic carbocycles. The number of hydrogen-bond acceptors (Lipinski definition) is 7. The Balaban J connectivity index is 1.44. The number of carbonyl (C=O) groups excluding carboxylic acids is 1. The number of rotatable bonds is 6. The third-order valence-electron chi connectivity index (χ3n) is 5.19. The van der Waals surface area contributed by atoms with Gasteiger partial charge in [-0.2, -0.15) is 0 Å². The Bertz CT molecular complexity index is 1130. The summed E-state index contributed by atoms with van der Waals surface area (Å²) in [6, 6.07) is 8.72. The molecule has 1 aliphatic heterocycles. The van der Waals surface area contributed by atoms with Crippen LogP contribution in [-0.4, -0.2) is 47.1 Å². The number of ketones is 1. The first-order valence-electron chi connectivity index (χ1n) is 9.25. The van der Waals surface area contributed by atoms with Gasteiger partial charge in [-0.3, -0.25) is 4.79 Å². The quantitative estimate of drug-likeness (QED) is 0.570. The molecule has 0 bridgehead atoms. The molecule has 0 radical (unpaired) electrons. The summed E-state index contributed by atoms with van der Waals surface area (Å²) < 4.78 is 36.4. The standard InChI is InChI=1S/C20H21N3O5S/c1-13-9-18(14(2)23(13)16-7-8-29(25,26)11-16)19(24)10-27-17-5-3-15(4-6-17)20-22-21-12-28-20/h3-6,9,12,16H,7-8,10-11H2,1-2H3/t16-/m0/s1. The maximum atomic E-state index is 12.7. The van der Waals surface area contributed by atoms with Crippen molar-refractivity contribution < 1.29 is 22.4 Å². The van der Waals surface area contributed by atoms with Gasteiger partial charge in [-0.15, -0.1) is 10.2 Å². The smallest absolute Gasteiger partial charge is 0.247 e. The molecule has 29 heavy (non-hydrogen) atoms. The molecule has 0 spiro atoms. The van der Waals surface area contributed by atoms with E-state index >= 15 is 0 Å². The van der Waals surface area contributed by atoms with Crippen LogP contribution >= 0.6 is 0 Å². The minimum absolute atomic E-state index is 0.104. The average molecular weight is 415 g/mol. The van der Waals surface area contributed by atoms with Crippen LogP contribution < -0.4 is 4.74 Å². The number of hydrogen-bond donors (Lipinski definition) is 0. The lowest BCUT2D eigenvalue weighted by Crippen LogP contribution is -2.16. The molecule has 0 amide bonds. The fraction of sp³-hybridized carbons (Fsp3) is 0.350. The summed E-state index contributed by atoms with van der Waals surface area (Å²) in [5, 5.41) is 7.48. The van der Waals surface area contributed by atoms with E-state index in [0.717, 1.165) is 17.0 Å². The van der Waals surface area contributed by atoms with Crippen LogP contribution in [0.15, 0.2) is 41.1 Å². The van der Waals surface area contributed by atoms with Gasteiger partial charge in [0.1, 0.15) is 5.75 Å². The maximum absolute atomic E-state index is 12.7. The molecule has 0 aliphatic carbocycles. The summed E-state index contributed by atoms with van der Waals surface area (Å²) in [6.45, 7) is 3.64. The van der Waals surface area contributed by atoms with E-state index in [2.05, 4.69) is 10.2 Å². The maximum Gasteiger partial charge on any atom is 0.247 e. The fourth-order valence-electron chi connectivity index (χ4n) is 3.82. The van der Waals surface area contributed by atoms with E-state index in [1.54, 1.807) is 24.3 Å². The van der Waals surface area contributed by atoms with Crippen molar-refractivity contribution in [3.63, 3.8) is 0 Å². The van der Waals surface area contributed by atoms with E-state index in [9.17, 15) is 13.2 Å². The van der Waals surface area contributed by atoms with Crippen molar-refractivity contribution in [1.82, 2.24) is 14.8 Å². The number of aryl methyl sites for hydroxylation is 1. The van der Waals surface area contributed by atoms with Crippen molar-refractivity contribution in [3.8, 4) is 17.2 Å². The Morgan fingerprint density at radius 1 is 1.28 bits per heavy atom. The summed E-state index contributed by atoms with van der Waals surface area (Å²) in [4.78, 5) is 12.7. The van der Waals surface area contributed by atoms with Crippen LogP contribution in [0.25, 0.3) is 11.5 Å². The highest BCUT2D eigenvalue weighted by Crippen LogP contribution is 2.29. The molecule has 1 saturated heterocycles. The van der Waals surface area contributed by atoms with Crippen LogP contribution in [0, 0.1) is 13.8 Å². The van der Waals surface area contributed by atoms with Crippen LogP contribution in [0.3, 0.4) is 0 Å². The largest absolute Gasteiger partial charge is 0.485 e. The van der Waals surface area contributed by atoms with Crippen molar-refractivity contribution in [2.24, 2.45) is 0 Å². The first kappa shape index (κ1) is 19.4. The van der Waals surface area contributed by atoms with Gasteiger partial charge >= 0.3 is 0 Å². The number of sulfone groups is 1. The van der Waals surface area contributed by atoms with E-state index in [1.165, 1.54) is 6.39 Å². The number of nitrogens with zero attached hydrogens (tertiary/aromatic N) is 3. The van der Waals surface area contributed by atoms with Crippen molar-refractivity contribution in [1.29, 1.82) is 0 Å². The first-order valence-corrected chi connectivity index (χ1v) is 11.1. The lowest BCUT2D eigenvalue weighted by molar-refractivity contribution is 0.0920. The van der Waals surface area contributed by atoms with Gasteiger partial charge in [0, 0.05) is 28.6 Å². The lowest BCUT2D eigenvalue weighted by Gasteiger charge is -2.16. The molecule has 0 saturated carbocycles. The average Bonchev–Trinajstić information content (AvgIpc) is 3.40. The van der Waals surface area contributed by atoms with Crippen molar-refractivity contribution in [2.45, 2.75) is 26.3 Å². The zero-order valence-corrected chi connectivity index (χ0v) is 17.0. The molecule has 3 aromatic rings. The normalized spacial score (nSPS) is 18.1. The van der Waals surface area contributed by atoms with Gasteiger partial charge < -0.3 is 13.7 Å². The predicted molar refractivity (Wildman–Crippen MR) is 106 cm³/mol. The third kappa shape index (κ3) is 3.95. The van der Waals surface area contributed by atoms with E-state index in [0.29, 0.717) is 23.6 Å². The van der Waals surface area contributed by atoms with Crippen LogP contribution in [0.2, 0.25) is 0 Å². The SMILES string of the molecule is Cc1cc(C(=O)COc2ccc(-c3nnco3)cc2)c(C)n1[C@H]1CCS(=O)(=O)C1. The van der Waals surface area contributed by atoms with Gasteiger partial charge in [-0.25, -0.2) is 8.42 Å². The highest BCUT2D eigenvalue weighted by Gasteiger charge is 2.31. The third-order valence-corrected chi connectivity index (χ3v) is 6.94. The fourth-order valence-corrected chi connectivity index (χ4v) is 5.52. The highest BCUT2D eigenvalue weighted by atomic mass is 32.2. The van der Waals surface area contributed by atoms with Gasteiger partial charge in [0.25, 0.3) is 0 Å². The van der Waals surface area contributed by atoms with Crippen molar-refractivity contribution in [3.05, 3.63) is 53.7 Å². The van der Waals surface area contributed by atoms with Gasteiger partial charge in [-0.1, -0.05) is 0 Å². The van der Waals surface area contributed by atoms with Crippen LogP contribution in [0.4, 0.5) is 0 Å². The molecule has 0 unspecified atom stereocenters. The van der Waals surface area contributed by atoms with E-state index in [4.69, 9.17) is 9.15 Å². The van der Waals surface area contributed by atoms with E-state index in [1.807, 2.05) is 24.5 Å². The Morgan fingerprint density at radius 3 is 2.66 bits per heavy atom. The number of benzene rings is 1. The Kier molecular flexibility index (Phi) is 4.99. The van der Waals surface area contributed by atoms with Crippen LogP contribution in [-0.2, 0) is 9.84 Å². The zero-order chi connectivity index (χ0) is 20.6. The zero-order valence-electron chi connectivity index (χ0n) is 16.2. The summed E-state index contributed by atoms with van der Waals surface area (Å²) >= 11 is 0. The number of aromatic nitrogens is 3. The molecule has 2 aromatic heterocycles. The molecule has 8 nitrogen and oxygen atoms in total. The highest BCUT2D eigenvalue weighted by molar-refractivity contribution is 7.91. The number of carbonyl (C=O) groups is 1. The predicted octanol–water partition coefficient (Wildman–Crippen LogP) is 2.78. The van der Waals surface area contributed by atoms with E-state index < -0.39 is 9.84 Å². The minimum Gasteiger partial charge on any atom is -0.485 e. The van der Waals surface area contributed by atoms with Crippen molar-refractivity contribution >= 4 is 15.6 Å². The summed E-state index contributed by atoms with van der Waals surface area (Å²) in [6.07, 6.45) is 1.84. The van der Waals surface area contributed by atoms with E-state index in [-0.39, 0.29) is 29.9 Å². The molecule has 152 valence electrons. The second kappa shape index (κ2) is 7.47. The second-order valence-electron chi connectivity index (χ2n) is 7.19. The van der Waals surface area contributed by atoms with Gasteiger partial charge in [0.15, 0.2) is 16.4 Å². The van der Waals surface area contributed by atoms with Crippen LogP contribution in [0.1, 0.15) is 34.2 Å². The monoisotopic (exact) mass is 415 g/mol. The molecular formula is C20H21N3O5S. The number of Topliss-reactive ketones (excluding diaryl/α,β-unsaturated/α-hetero) is 1. The summed E-state index contributed by atoms with van der Waals surface area (Å²) in [5.74, 6) is 1.14. The van der Waals surface area contributed by atoms with Gasteiger partial charge in [-0.05, 0) is 50.6 Å². The molecule has 1 aliphatic rings. The molecule has 4 rings (SSSR count). The summed E-state index contributed by atoms with van der Waals surface area (Å²) in [5.41, 5.74) is 2.99. The Hall–Kier alpha value is -2.94. The lowest BCUT2D eigenvalue weighted by atomic mass is 10.1. The Labute approximate surface area is 168 Å². The van der Waals surface area contributed by atoms with Crippen LogP contribution in [0.5, 0.6) is 5.75 Å². The molecule has 1 atom stereocenters. The molecule has 0 N–H and O–H groups in total. The molecular weight excluding hydrogens is 394 g/mol. The van der Waals surface area contributed by atoms with Gasteiger partial charge in [0.2, 0.25) is 18.1 Å². The molecule has 3 heterocycles. The molecule has 9 heteroatoms. The van der Waals surface area contributed by atoms with Gasteiger partial charge in [0.05, 0.1) is 11.5 Å². The minimum atomic E-state index is -3.00. The van der Waals surface area contributed by atoms with Crippen molar-refractivity contribution in [2.75, 3.05) is 18.1 Å². The second-order valence-corrected chi connectivity index (χ2v) is 9.42. The Morgan fingerprint density at radius 2 is 2.03 bits per heavy atom. The number of ether oxygens (including phenoxy) is 1. The topological polar surface area (TPSA) is 104 Å². The molecule has 1 fully saturated rings. The summed E-state index contributed by atoms with van der Waals surface area (Å²) in [7, 11) is -3.00. The first-order chi connectivity index (χ1) is 13.8.